The summed E-state index contributed by atoms with van der Waals surface area (Å²) in [5, 5.41) is 9.10. The van der Waals surface area contributed by atoms with Crippen LogP contribution in [-0.2, 0) is 0 Å². The Hall–Kier alpha value is -3.00. The van der Waals surface area contributed by atoms with Crippen LogP contribution in [0.2, 0.25) is 5.02 Å². The van der Waals surface area contributed by atoms with E-state index in [1.54, 1.807) is 13.0 Å². The Morgan fingerprint density at radius 1 is 1.21 bits per heavy atom. The molecule has 0 saturated carbocycles. The molecule has 1 aromatic carbocycles. The highest BCUT2D eigenvalue weighted by Crippen LogP contribution is 2.21. The second kappa shape index (κ2) is 6.63. The molecule has 0 spiro atoms. The number of aromatic nitrogens is 3. The van der Waals surface area contributed by atoms with Crippen LogP contribution in [0.3, 0.4) is 0 Å². The lowest BCUT2D eigenvalue weighted by molar-refractivity contribution is 0.102. The van der Waals surface area contributed by atoms with Crippen molar-refractivity contribution in [2.75, 3.05) is 10.6 Å². The summed E-state index contributed by atoms with van der Waals surface area (Å²) in [5.74, 6) is 0.276. The van der Waals surface area contributed by atoms with Gasteiger partial charge in [-0.3, -0.25) is 4.79 Å². The summed E-state index contributed by atoms with van der Waals surface area (Å²) in [5.41, 5.74) is 0.657. The Morgan fingerprint density at radius 2 is 2.04 bits per heavy atom. The molecule has 9 heteroatoms. The van der Waals surface area contributed by atoms with Gasteiger partial charge in [0.25, 0.3) is 5.91 Å². The average molecular weight is 348 g/mol. The molecule has 0 aliphatic heterocycles. The third-order valence-electron chi connectivity index (χ3n) is 2.95. The maximum absolute atomic E-state index is 13.1. The molecule has 0 unspecified atom stereocenters. The summed E-state index contributed by atoms with van der Waals surface area (Å²) in [4.78, 5) is 20.1. The van der Waals surface area contributed by atoms with Crippen LogP contribution in [0.5, 0.6) is 0 Å². The average Bonchev–Trinajstić information content (AvgIpc) is 2.96. The molecule has 2 heterocycles. The molecule has 0 atom stereocenters. The van der Waals surface area contributed by atoms with E-state index in [0.717, 1.165) is 0 Å². The Bertz CT molecular complexity index is 882. The number of halogens is 2. The van der Waals surface area contributed by atoms with Crippen molar-refractivity contribution in [2.45, 2.75) is 6.92 Å². The minimum absolute atomic E-state index is 0.00753. The topological polar surface area (TPSA) is 92.9 Å². The summed E-state index contributed by atoms with van der Waals surface area (Å²) in [7, 11) is 0. The molecule has 2 N–H and O–H groups in total. The fraction of sp³-hybridized carbons (Fsp3) is 0.0667. The van der Waals surface area contributed by atoms with Gasteiger partial charge in [0.1, 0.15) is 23.1 Å². The first kappa shape index (κ1) is 15.9. The van der Waals surface area contributed by atoms with E-state index in [4.69, 9.17) is 16.1 Å². The van der Waals surface area contributed by atoms with Gasteiger partial charge in [-0.05, 0) is 25.1 Å². The second-order valence-corrected chi connectivity index (χ2v) is 5.22. The standard InChI is InChI=1S/C15H11ClFN5O2/c1-8-4-13(22-24-8)21-15(23)12-6-19-14(7-18-12)20-9-2-3-11(17)10(16)5-9/h2-7H,1H3,(H,19,20)(H,21,22,23). The zero-order chi connectivity index (χ0) is 17.1. The highest BCUT2D eigenvalue weighted by atomic mass is 35.5. The van der Waals surface area contributed by atoms with Gasteiger partial charge in [0.05, 0.1) is 17.4 Å². The molecule has 0 bridgehead atoms. The summed E-state index contributed by atoms with van der Waals surface area (Å²) in [6.07, 6.45) is 2.68. The maximum Gasteiger partial charge on any atom is 0.277 e. The number of benzene rings is 1. The van der Waals surface area contributed by atoms with Crippen LogP contribution in [0.4, 0.5) is 21.7 Å². The van der Waals surface area contributed by atoms with Crippen molar-refractivity contribution < 1.29 is 13.7 Å². The highest BCUT2D eigenvalue weighted by molar-refractivity contribution is 6.31. The van der Waals surface area contributed by atoms with E-state index in [1.165, 1.54) is 30.6 Å². The summed E-state index contributed by atoms with van der Waals surface area (Å²) in [6.45, 7) is 1.71. The van der Waals surface area contributed by atoms with Gasteiger partial charge in [-0.25, -0.2) is 14.4 Å². The summed E-state index contributed by atoms with van der Waals surface area (Å²) < 4.78 is 18.0. The molecule has 0 fully saturated rings. The Labute approximate surface area is 140 Å². The predicted octanol–water partition coefficient (Wildman–Crippen LogP) is 3.56. The first-order valence-electron chi connectivity index (χ1n) is 6.80. The third-order valence-corrected chi connectivity index (χ3v) is 3.24. The van der Waals surface area contributed by atoms with Crippen LogP contribution in [0.15, 0.2) is 41.2 Å². The zero-order valence-electron chi connectivity index (χ0n) is 12.4. The molecule has 0 aliphatic rings. The lowest BCUT2D eigenvalue weighted by Crippen LogP contribution is -2.14. The van der Waals surface area contributed by atoms with Crippen molar-refractivity contribution in [3.05, 3.63) is 59.0 Å². The van der Waals surface area contributed by atoms with E-state index in [0.29, 0.717) is 23.1 Å². The molecular weight excluding hydrogens is 337 g/mol. The first-order valence-corrected chi connectivity index (χ1v) is 7.18. The van der Waals surface area contributed by atoms with E-state index < -0.39 is 11.7 Å². The number of carbonyl (C=O) groups excluding carboxylic acids is 1. The highest BCUT2D eigenvalue weighted by Gasteiger charge is 2.11. The number of amides is 1. The van der Waals surface area contributed by atoms with Crippen molar-refractivity contribution in [2.24, 2.45) is 0 Å². The molecule has 24 heavy (non-hydrogen) atoms. The first-order chi connectivity index (χ1) is 11.5. The molecule has 0 aliphatic carbocycles. The van der Waals surface area contributed by atoms with Crippen molar-refractivity contribution in [1.82, 2.24) is 15.1 Å². The van der Waals surface area contributed by atoms with Crippen LogP contribution in [-0.4, -0.2) is 21.0 Å². The SMILES string of the molecule is Cc1cc(NC(=O)c2cnc(Nc3ccc(F)c(Cl)c3)cn2)no1. The van der Waals surface area contributed by atoms with Gasteiger partial charge >= 0.3 is 0 Å². The van der Waals surface area contributed by atoms with Crippen LogP contribution >= 0.6 is 11.6 Å². The number of aryl methyl sites for hydroxylation is 1. The Balaban J connectivity index is 1.68. The fourth-order valence-electron chi connectivity index (χ4n) is 1.84. The van der Waals surface area contributed by atoms with E-state index in [9.17, 15) is 9.18 Å². The minimum atomic E-state index is -0.511. The molecular formula is C15H11ClFN5O2. The molecule has 3 rings (SSSR count). The van der Waals surface area contributed by atoms with Gasteiger partial charge in [-0.15, -0.1) is 0 Å². The molecule has 1 amide bonds. The van der Waals surface area contributed by atoms with E-state index in [1.807, 2.05) is 0 Å². The van der Waals surface area contributed by atoms with Crippen molar-refractivity contribution in [1.29, 1.82) is 0 Å². The van der Waals surface area contributed by atoms with E-state index >= 15 is 0 Å². The van der Waals surface area contributed by atoms with Gasteiger partial charge in [0.15, 0.2) is 5.82 Å². The van der Waals surface area contributed by atoms with Gasteiger partial charge in [0, 0.05) is 11.8 Å². The van der Waals surface area contributed by atoms with Gasteiger partial charge in [-0.2, -0.15) is 0 Å². The smallest absolute Gasteiger partial charge is 0.277 e. The van der Waals surface area contributed by atoms with Crippen molar-refractivity contribution in [3.8, 4) is 0 Å². The van der Waals surface area contributed by atoms with Crippen molar-refractivity contribution >= 4 is 34.8 Å². The number of nitrogens with zero attached hydrogens (tertiary/aromatic N) is 3. The van der Waals surface area contributed by atoms with E-state index in [-0.39, 0.29) is 10.7 Å². The van der Waals surface area contributed by atoms with Gasteiger partial charge in [0.2, 0.25) is 0 Å². The Morgan fingerprint density at radius 3 is 2.67 bits per heavy atom. The number of anilines is 3. The molecule has 0 radical (unpaired) electrons. The predicted molar refractivity (Wildman–Crippen MR) is 85.9 cm³/mol. The monoisotopic (exact) mass is 347 g/mol. The van der Waals surface area contributed by atoms with Gasteiger partial charge in [-0.1, -0.05) is 16.8 Å². The lowest BCUT2D eigenvalue weighted by atomic mass is 10.3. The van der Waals surface area contributed by atoms with Crippen LogP contribution < -0.4 is 10.6 Å². The number of hydrogen-bond donors (Lipinski definition) is 2. The number of rotatable bonds is 4. The number of carbonyl (C=O) groups is 1. The van der Waals surface area contributed by atoms with Crippen LogP contribution in [0.1, 0.15) is 16.2 Å². The molecule has 0 saturated heterocycles. The number of nitrogens with one attached hydrogen (secondary N) is 2. The molecule has 2 aromatic heterocycles. The lowest BCUT2D eigenvalue weighted by Gasteiger charge is -2.06. The van der Waals surface area contributed by atoms with E-state index in [2.05, 4.69) is 25.8 Å². The minimum Gasteiger partial charge on any atom is -0.360 e. The zero-order valence-corrected chi connectivity index (χ0v) is 13.1. The Kier molecular flexibility index (Phi) is 4.39. The number of hydrogen-bond acceptors (Lipinski definition) is 6. The molecule has 7 nitrogen and oxygen atoms in total. The fourth-order valence-corrected chi connectivity index (χ4v) is 2.02. The largest absolute Gasteiger partial charge is 0.360 e. The van der Waals surface area contributed by atoms with Crippen LogP contribution in [0, 0.1) is 12.7 Å². The molecule has 3 aromatic rings. The summed E-state index contributed by atoms with van der Waals surface area (Å²) in [6, 6.07) is 5.75. The maximum atomic E-state index is 13.1. The second-order valence-electron chi connectivity index (χ2n) is 4.82. The van der Waals surface area contributed by atoms with Crippen LogP contribution in [0.25, 0.3) is 0 Å². The van der Waals surface area contributed by atoms with Gasteiger partial charge < -0.3 is 15.2 Å². The normalized spacial score (nSPS) is 10.5. The molecule has 122 valence electrons. The third kappa shape index (κ3) is 3.66. The van der Waals surface area contributed by atoms with Crippen molar-refractivity contribution in [3.63, 3.8) is 0 Å². The summed E-state index contributed by atoms with van der Waals surface area (Å²) >= 11 is 5.71. The quantitative estimate of drug-likeness (QED) is 0.749.